The van der Waals surface area contributed by atoms with Crippen molar-refractivity contribution in [2.75, 3.05) is 34.9 Å². The van der Waals surface area contributed by atoms with Crippen molar-refractivity contribution in [3.8, 4) is 0 Å². The van der Waals surface area contributed by atoms with E-state index >= 15 is 0 Å². The molecular weight excluding hydrogens is 713 g/mol. The van der Waals surface area contributed by atoms with Crippen molar-refractivity contribution >= 4 is 29.5 Å². The quantitative estimate of drug-likeness (QED) is 0.135. The molecule has 1 heterocycles. The van der Waals surface area contributed by atoms with Crippen molar-refractivity contribution in [1.29, 1.82) is 0 Å². The van der Waals surface area contributed by atoms with E-state index in [1.807, 2.05) is 97.7 Å². The Hall–Kier alpha value is -3.35. The summed E-state index contributed by atoms with van der Waals surface area (Å²) >= 11 is 0. The van der Waals surface area contributed by atoms with Crippen molar-refractivity contribution in [3.05, 3.63) is 35.9 Å². The largest absolute Gasteiger partial charge is 0.481 e. The minimum Gasteiger partial charge on any atom is -0.481 e. The predicted molar refractivity (Wildman–Crippen MR) is 220 cm³/mol. The molecule has 1 aliphatic rings. The summed E-state index contributed by atoms with van der Waals surface area (Å²) in [7, 11) is 6.77. The Morgan fingerprint density at radius 1 is 0.929 bits per heavy atom. The van der Waals surface area contributed by atoms with Gasteiger partial charge in [0.1, 0.15) is 11.8 Å². The van der Waals surface area contributed by atoms with Gasteiger partial charge in [0, 0.05) is 46.2 Å². The summed E-state index contributed by atoms with van der Waals surface area (Å²) in [5.41, 5.74) is 0.909. The van der Waals surface area contributed by atoms with Gasteiger partial charge in [0.15, 0.2) is 0 Å². The molecule has 2 N–H and O–H groups in total. The molecule has 12 nitrogen and oxygen atoms in total. The van der Waals surface area contributed by atoms with E-state index in [0.29, 0.717) is 19.4 Å². The molecule has 1 fully saturated rings. The van der Waals surface area contributed by atoms with Crippen molar-refractivity contribution in [2.24, 2.45) is 29.6 Å². The number of likely N-dealkylation sites (N-methyl/N-ethyl adjacent to an activating group) is 2. The average molecular weight is 787 g/mol. The SMILES string of the molecule is CC[C@H](C)[C@@H]([C@@H](CC(=O)N1CCC[C@H]1[C@H](OC)[C@@H](C)C(=O)CC[C@@H](Cc1ccccc1)C(=O)O)OC)N(C)C(=O)[C@@H](NC(=O)[C@H](C(C)C)N(C)C(C)C)C(C)C. The Bertz CT molecular complexity index is 1400. The fourth-order valence-electron chi connectivity index (χ4n) is 8.35. The zero-order valence-corrected chi connectivity index (χ0v) is 36.6. The number of methoxy groups -OCH3 is 2. The van der Waals surface area contributed by atoms with Crippen LogP contribution in [0.25, 0.3) is 0 Å². The molecule has 9 atom stereocenters. The van der Waals surface area contributed by atoms with Gasteiger partial charge < -0.3 is 29.7 Å². The molecule has 0 aliphatic carbocycles. The molecule has 0 spiro atoms. The Kier molecular flexibility index (Phi) is 20.2. The minimum atomic E-state index is -0.931. The van der Waals surface area contributed by atoms with Gasteiger partial charge >= 0.3 is 5.97 Å². The van der Waals surface area contributed by atoms with Crippen LogP contribution in [0.4, 0.5) is 0 Å². The topological polar surface area (TPSA) is 146 Å². The van der Waals surface area contributed by atoms with E-state index in [1.165, 1.54) is 0 Å². The van der Waals surface area contributed by atoms with E-state index in [0.717, 1.165) is 18.4 Å². The number of hydrogen-bond acceptors (Lipinski definition) is 8. The van der Waals surface area contributed by atoms with Crippen LogP contribution in [0.15, 0.2) is 30.3 Å². The zero-order valence-electron chi connectivity index (χ0n) is 36.6. The van der Waals surface area contributed by atoms with Crippen molar-refractivity contribution in [1.82, 2.24) is 20.0 Å². The predicted octanol–water partition coefficient (Wildman–Crippen LogP) is 5.71. The van der Waals surface area contributed by atoms with Crippen LogP contribution in [0, 0.1) is 29.6 Å². The number of aliphatic carboxylic acids is 1. The standard InChI is InChI=1S/C44H74N4O8/c1-14-30(8)40(47(11)43(52)38(27(2)3)45-42(51)39(28(4)5)46(10)29(6)7)36(55-12)26-37(50)48-24-18-21-34(48)41(56-13)31(9)35(49)23-22-33(44(53)54)25-32-19-16-15-17-20-32/h15-17,19-20,27-31,33-34,36,38-41H,14,18,21-26H2,1-13H3,(H,45,51)(H,53,54)/t30-,31-,33-,34-,36+,38-,39-,40-,41+/m0/s1. The number of ketones is 1. The van der Waals surface area contributed by atoms with Gasteiger partial charge in [-0.2, -0.15) is 0 Å². The van der Waals surface area contributed by atoms with Gasteiger partial charge in [-0.3, -0.25) is 28.9 Å². The molecule has 1 aromatic rings. The van der Waals surface area contributed by atoms with Crippen LogP contribution in [0.1, 0.15) is 106 Å². The first-order valence-corrected chi connectivity index (χ1v) is 20.8. The molecule has 2 rings (SSSR count). The molecule has 1 aliphatic heterocycles. The summed E-state index contributed by atoms with van der Waals surface area (Å²) in [6, 6.07) is 7.55. The number of carboxylic acids is 1. The molecule has 1 saturated heterocycles. The number of carboxylic acid groups (broad SMARTS) is 1. The molecule has 0 radical (unpaired) electrons. The van der Waals surface area contributed by atoms with Gasteiger partial charge in [-0.25, -0.2) is 0 Å². The molecule has 12 heteroatoms. The lowest BCUT2D eigenvalue weighted by Crippen LogP contribution is -2.60. The van der Waals surface area contributed by atoms with Gasteiger partial charge in [-0.1, -0.05) is 85.2 Å². The highest BCUT2D eigenvalue weighted by molar-refractivity contribution is 5.90. The third-order valence-electron chi connectivity index (χ3n) is 12.2. The first-order chi connectivity index (χ1) is 26.3. The number of rotatable bonds is 24. The van der Waals surface area contributed by atoms with Crippen LogP contribution in [0.2, 0.25) is 0 Å². The number of amides is 3. The van der Waals surface area contributed by atoms with Gasteiger partial charge in [0.05, 0.1) is 42.7 Å². The minimum absolute atomic E-state index is 0.0193. The van der Waals surface area contributed by atoms with E-state index < -0.39 is 48.1 Å². The molecule has 0 aromatic heterocycles. The second-order valence-electron chi connectivity index (χ2n) is 17.0. The first kappa shape index (κ1) is 48.8. The fraction of sp³-hybridized carbons (Fsp3) is 0.750. The van der Waals surface area contributed by atoms with E-state index in [4.69, 9.17) is 9.47 Å². The number of ether oxygens (including phenoxy) is 2. The molecule has 318 valence electrons. The number of Topliss-reactive ketones (excluding diaryl/α,β-unsaturated/α-hetero) is 1. The highest BCUT2D eigenvalue weighted by Crippen LogP contribution is 2.31. The van der Waals surface area contributed by atoms with E-state index in [9.17, 15) is 29.1 Å². The number of hydrogen-bond donors (Lipinski definition) is 2. The summed E-state index contributed by atoms with van der Waals surface area (Å²) in [5, 5.41) is 13.0. The van der Waals surface area contributed by atoms with Crippen LogP contribution in [-0.2, 0) is 39.9 Å². The third-order valence-corrected chi connectivity index (χ3v) is 12.2. The maximum absolute atomic E-state index is 14.3. The average Bonchev–Trinajstić information content (AvgIpc) is 3.64. The van der Waals surface area contributed by atoms with Gasteiger partial charge in [0.25, 0.3) is 0 Å². The summed E-state index contributed by atoms with van der Waals surface area (Å²) in [4.78, 5) is 73.4. The second-order valence-corrected chi connectivity index (χ2v) is 17.0. The highest BCUT2D eigenvalue weighted by atomic mass is 16.5. The lowest BCUT2D eigenvalue weighted by atomic mass is 9.87. The molecule has 0 unspecified atom stereocenters. The number of carbonyl (C=O) groups is 5. The summed E-state index contributed by atoms with van der Waals surface area (Å²) in [6.45, 7) is 18.3. The fourth-order valence-corrected chi connectivity index (χ4v) is 8.35. The monoisotopic (exact) mass is 787 g/mol. The van der Waals surface area contributed by atoms with Crippen molar-refractivity contribution in [2.45, 2.75) is 150 Å². The number of nitrogens with zero attached hydrogens (tertiary/aromatic N) is 3. The molecule has 0 saturated carbocycles. The normalized spacial score (nSPS) is 19.0. The zero-order chi connectivity index (χ0) is 42.4. The van der Waals surface area contributed by atoms with Crippen LogP contribution < -0.4 is 5.32 Å². The number of carbonyl (C=O) groups excluding carboxylic acids is 4. The Morgan fingerprint density at radius 3 is 2.05 bits per heavy atom. The highest BCUT2D eigenvalue weighted by Gasteiger charge is 2.43. The number of benzene rings is 1. The Balaban J connectivity index is 2.25. The van der Waals surface area contributed by atoms with Crippen LogP contribution >= 0.6 is 0 Å². The molecular formula is C44H74N4O8. The number of nitrogens with one attached hydrogen (secondary N) is 1. The van der Waals surface area contributed by atoms with Crippen LogP contribution in [-0.4, -0.2) is 127 Å². The van der Waals surface area contributed by atoms with Crippen LogP contribution in [0.5, 0.6) is 0 Å². The summed E-state index contributed by atoms with van der Waals surface area (Å²) < 4.78 is 12.0. The second kappa shape index (κ2) is 23.2. The maximum Gasteiger partial charge on any atom is 0.306 e. The van der Waals surface area contributed by atoms with Gasteiger partial charge in [-0.05, 0) is 69.9 Å². The van der Waals surface area contributed by atoms with Gasteiger partial charge in [0.2, 0.25) is 17.7 Å². The molecule has 56 heavy (non-hydrogen) atoms. The summed E-state index contributed by atoms with van der Waals surface area (Å²) in [6.07, 6.45) is 1.61. The Morgan fingerprint density at radius 2 is 1.55 bits per heavy atom. The van der Waals surface area contributed by atoms with Gasteiger partial charge in [-0.15, -0.1) is 0 Å². The van der Waals surface area contributed by atoms with E-state index in [2.05, 4.69) is 5.32 Å². The summed E-state index contributed by atoms with van der Waals surface area (Å²) in [5.74, 6) is -3.03. The molecule has 3 amide bonds. The maximum atomic E-state index is 14.3. The lowest BCUT2D eigenvalue weighted by Gasteiger charge is -2.41. The smallest absolute Gasteiger partial charge is 0.306 e. The third kappa shape index (κ3) is 13.1. The Labute approximate surface area is 337 Å². The van der Waals surface area contributed by atoms with Crippen molar-refractivity contribution in [3.63, 3.8) is 0 Å². The van der Waals surface area contributed by atoms with Crippen LogP contribution in [0.3, 0.4) is 0 Å². The van der Waals surface area contributed by atoms with E-state index in [1.54, 1.807) is 38.0 Å². The number of likely N-dealkylation sites (tertiary alicyclic amines) is 1. The lowest BCUT2D eigenvalue weighted by molar-refractivity contribution is -0.148. The first-order valence-electron chi connectivity index (χ1n) is 20.8. The van der Waals surface area contributed by atoms with E-state index in [-0.39, 0.29) is 72.6 Å². The van der Waals surface area contributed by atoms with Crippen molar-refractivity contribution < 1.29 is 38.6 Å². The molecule has 0 bridgehead atoms. The molecule has 1 aromatic carbocycles.